The molecule has 0 spiro atoms. The van der Waals surface area contributed by atoms with Gasteiger partial charge in [-0.2, -0.15) is 0 Å². The molecule has 0 amide bonds. The lowest BCUT2D eigenvalue weighted by Crippen LogP contribution is -2.01. The molecule has 0 aromatic carbocycles. The van der Waals surface area contributed by atoms with Crippen molar-refractivity contribution >= 4 is 15.9 Å². The largest absolute Gasteiger partial charge is 0.323 e. The normalized spacial score (nSPS) is 13.5. The van der Waals surface area contributed by atoms with E-state index in [4.69, 9.17) is 0 Å². The SMILES string of the molecule is CCC(C)n1cncc1Br. The molecule has 0 bridgehead atoms. The van der Waals surface area contributed by atoms with Crippen LogP contribution < -0.4 is 0 Å². The lowest BCUT2D eigenvalue weighted by Gasteiger charge is -2.10. The number of hydrogen-bond acceptors (Lipinski definition) is 1. The van der Waals surface area contributed by atoms with Crippen molar-refractivity contribution in [2.24, 2.45) is 0 Å². The van der Waals surface area contributed by atoms with Gasteiger partial charge in [0.25, 0.3) is 0 Å². The lowest BCUT2D eigenvalue weighted by atomic mass is 10.3. The molecule has 1 aromatic rings. The fourth-order valence-electron chi connectivity index (χ4n) is 0.810. The Bertz CT molecular complexity index is 207. The zero-order valence-corrected chi connectivity index (χ0v) is 7.80. The third-order valence-corrected chi connectivity index (χ3v) is 2.30. The number of rotatable bonds is 2. The van der Waals surface area contributed by atoms with Crippen LogP contribution in [0.1, 0.15) is 26.3 Å². The fraction of sp³-hybridized carbons (Fsp3) is 0.571. The number of halogens is 1. The van der Waals surface area contributed by atoms with Crippen molar-refractivity contribution in [1.29, 1.82) is 0 Å². The first-order valence-corrected chi connectivity index (χ1v) is 4.22. The van der Waals surface area contributed by atoms with Gasteiger partial charge in [-0.1, -0.05) is 6.92 Å². The number of nitrogens with zero attached hydrogens (tertiary/aromatic N) is 2. The van der Waals surface area contributed by atoms with Gasteiger partial charge in [-0.3, -0.25) is 0 Å². The van der Waals surface area contributed by atoms with E-state index in [1.54, 1.807) is 0 Å². The van der Waals surface area contributed by atoms with Gasteiger partial charge in [0.15, 0.2) is 0 Å². The molecule has 1 unspecified atom stereocenters. The molecule has 0 aliphatic rings. The highest BCUT2D eigenvalue weighted by Gasteiger charge is 2.03. The Labute approximate surface area is 69.4 Å². The summed E-state index contributed by atoms with van der Waals surface area (Å²) in [6, 6.07) is 0.539. The molecule has 0 aliphatic heterocycles. The first-order chi connectivity index (χ1) is 4.75. The highest BCUT2D eigenvalue weighted by molar-refractivity contribution is 9.10. The van der Waals surface area contributed by atoms with Gasteiger partial charge in [0.2, 0.25) is 0 Å². The molecule has 2 nitrogen and oxygen atoms in total. The zero-order valence-electron chi connectivity index (χ0n) is 6.21. The quantitative estimate of drug-likeness (QED) is 0.722. The van der Waals surface area contributed by atoms with Crippen LogP contribution in [0, 0.1) is 0 Å². The van der Waals surface area contributed by atoms with Crippen LogP contribution in [0.25, 0.3) is 0 Å². The summed E-state index contributed by atoms with van der Waals surface area (Å²) in [6.07, 6.45) is 4.79. The van der Waals surface area contributed by atoms with Crippen LogP contribution in [0.15, 0.2) is 17.1 Å². The minimum absolute atomic E-state index is 0.539. The van der Waals surface area contributed by atoms with Crippen molar-refractivity contribution in [1.82, 2.24) is 9.55 Å². The zero-order chi connectivity index (χ0) is 7.56. The molecule has 0 N–H and O–H groups in total. The number of aromatic nitrogens is 2. The van der Waals surface area contributed by atoms with Crippen LogP contribution in [0.4, 0.5) is 0 Å². The summed E-state index contributed by atoms with van der Waals surface area (Å²) in [4.78, 5) is 4.01. The topological polar surface area (TPSA) is 17.8 Å². The molecule has 1 heterocycles. The predicted octanol–water partition coefficient (Wildman–Crippen LogP) is 2.62. The summed E-state index contributed by atoms with van der Waals surface area (Å²) >= 11 is 3.41. The van der Waals surface area contributed by atoms with Crippen LogP contribution >= 0.6 is 15.9 Å². The van der Waals surface area contributed by atoms with E-state index in [9.17, 15) is 0 Å². The van der Waals surface area contributed by atoms with Crippen LogP contribution in [0.2, 0.25) is 0 Å². The first kappa shape index (κ1) is 7.79. The van der Waals surface area contributed by atoms with Crippen LogP contribution in [0.5, 0.6) is 0 Å². The molecular weight excluding hydrogens is 192 g/mol. The Morgan fingerprint density at radius 1 is 1.80 bits per heavy atom. The molecule has 0 saturated carbocycles. The second kappa shape index (κ2) is 3.19. The van der Waals surface area contributed by atoms with Crippen LogP contribution in [0.3, 0.4) is 0 Å². The van der Waals surface area contributed by atoms with E-state index in [1.807, 2.05) is 12.5 Å². The minimum Gasteiger partial charge on any atom is -0.323 e. The summed E-state index contributed by atoms with van der Waals surface area (Å²) in [6.45, 7) is 4.34. The number of hydrogen-bond donors (Lipinski definition) is 0. The summed E-state index contributed by atoms with van der Waals surface area (Å²) in [5, 5.41) is 0. The first-order valence-electron chi connectivity index (χ1n) is 3.43. The monoisotopic (exact) mass is 202 g/mol. The summed E-state index contributed by atoms with van der Waals surface area (Å²) in [5.74, 6) is 0. The summed E-state index contributed by atoms with van der Waals surface area (Å²) in [7, 11) is 0. The van der Waals surface area contributed by atoms with Gasteiger partial charge in [0.1, 0.15) is 4.60 Å². The molecule has 0 aliphatic carbocycles. The van der Waals surface area contributed by atoms with E-state index in [-0.39, 0.29) is 0 Å². The van der Waals surface area contributed by atoms with E-state index in [2.05, 4.69) is 39.3 Å². The third-order valence-electron chi connectivity index (χ3n) is 1.68. The van der Waals surface area contributed by atoms with E-state index >= 15 is 0 Å². The Balaban J connectivity index is 2.82. The Kier molecular flexibility index (Phi) is 2.49. The lowest BCUT2D eigenvalue weighted by molar-refractivity contribution is 0.522. The van der Waals surface area contributed by atoms with Gasteiger partial charge in [0, 0.05) is 6.04 Å². The van der Waals surface area contributed by atoms with Crippen molar-refractivity contribution in [2.45, 2.75) is 26.3 Å². The Hall–Kier alpha value is -0.310. The van der Waals surface area contributed by atoms with Crippen LogP contribution in [-0.2, 0) is 0 Å². The average molecular weight is 203 g/mol. The second-order valence-corrected chi connectivity index (χ2v) is 3.19. The van der Waals surface area contributed by atoms with Gasteiger partial charge in [-0.05, 0) is 29.3 Å². The smallest absolute Gasteiger partial charge is 0.105 e. The number of imidazole rings is 1. The molecule has 0 saturated heterocycles. The van der Waals surface area contributed by atoms with E-state index < -0.39 is 0 Å². The molecular formula is C7H11BrN2. The highest BCUT2D eigenvalue weighted by atomic mass is 79.9. The van der Waals surface area contributed by atoms with Gasteiger partial charge in [-0.25, -0.2) is 4.98 Å². The molecule has 1 aromatic heterocycles. The van der Waals surface area contributed by atoms with Crippen molar-refractivity contribution in [3.63, 3.8) is 0 Å². The molecule has 56 valence electrons. The van der Waals surface area contributed by atoms with Crippen molar-refractivity contribution in [3.8, 4) is 0 Å². The summed E-state index contributed by atoms with van der Waals surface area (Å²) in [5.41, 5.74) is 0. The summed E-state index contributed by atoms with van der Waals surface area (Å²) < 4.78 is 3.17. The fourth-order valence-corrected chi connectivity index (χ4v) is 1.37. The van der Waals surface area contributed by atoms with Crippen molar-refractivity contribution in [2.75, 3.05) is 0 Å². The molecule has 0 fully saturated rings. The van der Waals surface area contributed by atoms with Crippen molar-refractivity contribution in [3.05, 3.63) is 17.1 Å². The third kappa shape index (κ3) is 1.40. The van der Waals surface area contributed by atoms with Gasteiger partial charge in [-0.15, -0.1) is 0 Å². The second-order valence-electron chi connectivity index (χ2n) is 2.38. The minimum atomic E-state index is 0.539. The maximum Gasteiger partial charge on any atom is 0.105 e. The van der Waals surface area contributed by atoms with E-state index in [1.165, 1.54) is 0 Å². The molecule has 10 heavy (non-hydrogen) atoms. The predicted molar refractivity (Wildman–Crippen MR) is 44.9 cm³/mol. The van der Waals surface area contributed by atoms with E-state index in [0.717, 1.165) is 11.0 Å². The highest BCUT2D eigenvalue weighted by Crippen LogP contribution is 2.16. The maximum absolute atomic E-state index is 4.01. The van der Waals surface area contributed by atoms with Crippen LogP contribution in [-0.4, -0.2) is 9.55 Å². The van der Waals surface area contributed by atoms with Gasteiger partial charge in [0.05, 0.1) is 12.5 Å². The maximum atomic E-state index is 4.01. The van der Waals surface area contributed by atoms with Gasteiger partial charge < -0.3 is 4.57 Å². The molecule has 3 heteroatoms. The molecule has 0 radical (unpaired) electrons. The van der Waals surface area contributed by atoms with E-state index in [0.29, 0.717) is 6.04 Å². The molecule has 1 rings (SSSR count). The Morgan fingerprint density at radius 3 is 2.90 bits per heavy atom. The molecule has 1 atom stereocenters. The Morgan fingerprint density at radius 2 is 2.50 bits per heavy atom. The van der Waals surface area contributed by atoms with Crippen molar-refractivity contribution < 1.29 is 0 Å². The average Bonchev–Trinajstić information content (AvgIpc) is 2.34. The van der Waals surface area contributed by atoms with Gasteiger partial charge >= 0.3 is 0 Å². The standard InChI is InChI=1S/C7H11BrN2/c1-3-6(2)10-5-9-4-7(10)8/h4-6H,3H2,1-2H3.